The molecular formula is C21H22O11. The Morgan fingerprint density at radius 3 is 2.31 bits per heavy atom. The number of benzene rings is 2. The minimum atomic E-state index is -2.33. The van der Waals surface area contributed by atoms with Crippen molar-refractivity contribution < 1.29 is 54.8 Å². The number of ether oxygens (including phenoxy) is 3. The van der Waals surface area contributed by atoms with E-state index >= 15 is 0 Å². The number of Topliss-reactive ketones (excluding diaryl/α,β-unsaturated/α-hetero) is 1. The predicted molar refractivity (Wildman–Crippen MR) is 104 cm³/mol. The summed E-state index contributed by atoms with van der Waals surface area (Å²) in [5.74, 6) is -4.40. The van der Waals surface area contributed by atoms with E-state index in [1.807, 2.05) is 0 Å². The Morgan fingerprint density at radius 2 is 1.66 bits per heavy atom. The van der Waals surface area contributed by atoms with Crippen molar-refractivity contribution in [1.29, 1.82) is 0 Å². The van der Waals surface area contributed by atoms with E-state index in [1.165, 1.54) is 30.3 Å². The van der Waals surface area contributed by atoms with Gasteiger partial charge in [0, 0.05) is 6.42 Å². The van der Waals surface area contributed by atoms with Gasteiger partial charge in [-0.1, -0.05) is 12.1 Å². The van der Waals surface area contributed by atoms with Gasteiger partial charge < -0.3 is 50.0 Å². The summed E-state index contributed by atoms with van der Waals surface area (Å²) in [6, 6.07) is 8.09. The standard InChI is InChI=1S/C21H22O11/c22-8-13-14(25)15(26)16(27)20(30-13)31-18-12(24)6-5-11-17(18)32-21(29,19(11)28)7-9-1-3-10(23)4-2-9/h1-6,13-16,20,22-27,29H,7-8H2/t13-,14-,15+,16-,20+,21?/m1/s1. The van der Waals surface area contributed by atoms with Gasteiger partial charge in [0.15, 0.2) is 11.5 Å². The molecule has 6 atom stereocenters. The van der Waals surface area contributed by atoms with Crippen molar-refractivity contribution >= 4 is 5.78 Å². The SMILES string of the molecule is O=C1c2ccc(O)c(O[C@@H]3O[C@H](CO)[C@@H](O)[C@H](O)[C@H]3O)c2OC1(O)Cc1ccc(O)cc1. The van der Waals surface area contributed by atoms with E-state index in [1.54, 1.807) is 0 Å². The first-order valence-electron chi connectivity index (χ1n) is 9.72. The maximum Gasteiger partial charge on any atom is 0.277 e. The molecule has 11 nitrogen and oxygen atoms in total. The monoisotopic (exact) mass is 450 g/mol. The van der Waals surface area contributed by atoms with Crippen LogP contribution in [0.4, 0.5) is 0 Å². The number of hydrogen-bond donors (Lipinski definition) is 7. The van der Waals surface area contributed by atoms with E-state index in [4.69, 9.17) is 14.2 Å². The number of fused-ring (bicyclic) bond motifs is 1. The molecule has 0 spiro atoms. The van der Waals surface area contributed by atoms with Crippen LogP contribution in [0.1, 0.15) is 15.9 Å². The molecule has 0 amide bonds. The lowest BCUT2D eigenvalue weighted by atomic mass is 9.98. The molecule has 1 saturated heterocycles. The quantitative estimate of drug-likeness (QED) is 0.289. The fraction of sp³-hybridized carbons (Fsp3) is 0.381. The molecule has 4 rings (SSSR count). The summed E-state index contributed by atoms with van der Waals surface area (Å²) in [5.41, 5.74) is 0.371. The Hall–Kier alpha value is -2.93. The number of phenolic OH excluding ortho intramolecular Hbond substituents is 2. The highest BCUT2D eigenvalue weighted by molar-refractivity contribution is 6.07. The maximum atomic E-state index is 12.9. The number of phenols is 2. The van der Waals surface area contributed by atoms with Crippen molar-refractivity contribution in [3.05, 3.63) is 47.5 Å². The number of ketones is 1. The van der Waals surface area contributed by atoms with Gasteiger partial charge in [0.05, 0.1) is 12.2 Å². The summed E-state index contributed by atoms with van der Waals surface area (Å²) in [5, 5.41) is 69.9. The second-order valence-corrected chi connectivity index (χ2v) is 7.66. The summed E-state index contributed by atoms with van der Waals surface area (Å²) >= 11 is 0. The third-order valence-electron chi connectivity index (χ3n) is 5.42. The summed E-state index contributed by atoms with van der Waals surface area (Å²) in [6.07, 6.45) is -8.28. The summed E-state index contributed by atoms with van der Waals surface area (Å²) in [4.78, 5) is 12.9. The number of hydrogen-bond acceptors (Lipinski definition) is 11. The van der Waals surface area contributed by atoms with Crippen molar-refractivity contribution in [3.8, 4) is 23.0 Å². The smallest absolute Gasteiger partial charge is 0.277 e. The molecule has 0 bridgehead atoms. The Morgan fingerprint density at radius 1 is 0.969 bits per heavy atom. The topological polar surface area (TPSA) is 186 Å². The van der Waals surface area contributed by atoms with Crippen molar-refractivity contribution in [3.63, 3.8) is 0 Å². The van der Waals surface area contributed by atoms with Crippen molar-refractivity contribution in [2.24, 2.45) is 0 Å². The molecule has 0 saturated carbocycles. The maximum absolute atomic E-state index is 12.9. The second-order valence-electron chi connectivity index (χ2n) is 7.66. The van der Waals surface area contributed by atoms with Gasteiger partial charge in [-0.05, 0) is 29.8 Å². The molecule has 11 heteroatoms. The van der Waals surface area contributed by atoms with Crippen LogP contribution >= 0.6 is 0 Å². The zero-order chi connectivity index (χ0) is 23.2. The zero-order valence-electron chi connectivity index (χ0n) is 16.5. The lowest BCUT2D eigenvalue weighted by molar-refractivity contribution is -0.278. The average molecular weight is 450 g/mol. The van der Waals surface area contributed by atoms with Crippen LogP contribution in [0.15, 0.2) is 36.4 Å². The summed E-state index contributed by atoms with van der Waals surface area (Å²) < 4.78 is 16.2. The van der Waals surface area contributed by atoms with Crippen LogP contribution in [-0.2, 0) is 11.2 Å². The molecule has 0 radical (unpaired) electrons. The van der Waals surface area contributed by atoms with Gasteiger partial charge in [0.25, 0.3) is 5.79 Å². The fourth-order valence-corrected chi connectivity index (χ4v) is 3.66. The minimum absolute atomic E-state index is 0.00262. The number of carbonyl (C=O) groups is 1. The molecule has 1 unspecified atom stereocenters. The van der Waals surface area contributed by atoms with Crippen molar-refractivity contribution in [2.45, 2.75) is 42.9 Å². The molecule has 7 N–H and O–H groups in total. The zero-order valence-corrected chi connectivity index (χ0v) is 16.5. The number of aliphatic hydroxyl groups is 5. The van der Waals surface area contributed by atoms with Crippen LogP contribution in [0.3, 0.4) is 0 Å². The van der Waals surface area contributed by atoms with Crippen molar-refractivity contribution in [1.82, 2.24) is 0 Å². The van der Waals surface area contributed by atoms with Gasteiger partial charge >= 0.3 is 0 Å². The van der Waals surface area contributed by atoms with Crippen LogP contribution in [0.25, 0.3) is 0 Å². The molecule has 0 aliphatic carbocycles. The van der Waals surface area contributed by atoms with Crippen molar-refractivity contribution in [2.75, 3.05) is 6.61 Å². The number of rotatable bonds is 5. The summed E-state index contributed by atoms with van der Waals surface area (Å²) in [7, 11) is 0. The minimum Gasteiger partial charge on any atom is -0.508 e. The highest BCUT2D eigenvalue weighted by Gasteiger charge is 2.50. The highest BCUT2D eigenvalue weighted by atomic mass is 16.7. The van der Waals surface area contributed by atoms with Gasteiger partial charge in [-0.2, -0.15) is 0 Å². The lowest BCUT2D eigenvalue weighted by Crippen LogP contribution is -2.60. The number of aliphatic hydroxyl groups excluding tert-OH is 4. The normalized spacial score (nSPS) is 31.8. The number of aromatic hydroxyl groups is 2. The second kappa shape index (κ2) is 8.20. The first kappa shape index (κ1) is 22.3. The van der Waals surface area contributed by atoms with E-state index in [0.29, 0.717) is 5.56 Å². The van der Waals surface area contributed by atoms with E-state index in [2.05, 4.69) is 0 Å². The Bertz CT molecular complexity index is 1010. The number of carbonyl (C=O) groups excluding carboxylic acids is 1. The third kappa shape index (κ3) is 3.75. The first-order valence-corrected chi connectivity index (χ1v) is 9.72. The molecule has 2 aromatic rings. The van der Waals surface area contributed by atoms with Gasteiger partial charge in [0.2, 0.25) is 17.8 Å². The third-order valence-corrected chi connectivity index (χ3v) is 5.42. The average Bonchev–Trinajstić information content (AvgIpc) is 3.02. The van der Waals surface area contributed by atoms with E-state index < -0.39 is 60.4 Å². The van der Waals surface area contributed by atoms with E-state index in [0.717, 1.165) is 6.07 Å². The highest BCUT2D eigenvalue weighted by Crippen LogP contribution is 2.47. The molecule has 32 heavy (non-hydrogen) atoms. The van der Waals surface area contributed by atoms with Crippen LogP contribution in [0, 0.1) is 0 Å². The van der Waals surface area contributed by atoms with Gasteiger partial charge in [-0.25, -0.2) is 0 Å². The molecule has 1 fully saturated rings. The van der Waals surface area contributed by atoms with Crippen LogP contribution in [0.5, 0.6) is 23.0 Å². The summed E-state index contributed by atoms with van der Waals surface area (Å²) in [6.45, 7) is -0.689. The Labute approximate surface area is 181 Å². The largest absolute Gasteiger partial charge is 0.508 e. The molecule has 2 aliphatic heterocycles. The van der Waals surface area contributed by atoms with Gasteiger partial charge in [-0.3, -0.25) is 4.79 Å². The molecular weight excluding hydrogens is 428 g/mol. The molecule has 172 valence electrons. The van der Waals surface area contributed by atoms with Gasteiger partial charge in [0.1, 0.15) is 30.2 Å². The van der Waals surface area contributed by atoms with Crippen LogP contribution in [0.2, 0.25) is 0 Å². The Kier molecular flexibility index (Phi) is 5.71. The lowest BCUT2D eigenvalue weighted by Gasteiger charge is -2.39. The first-order chi connectivity index (χ1) is 15.1. The van der Waals surface area contributed by atoms with Crippen LogP contribution in [-0.4, -0.2) is 84.6 Å². The van der Waals surface area contributed by atoms with Crippen LogP contribution < -0.4 is 9.47 Å². The predicted octanol–water partition coefficient (Wildman–Crippen LogP) is -1.22. The van der Waals surface area contributed by atoms with Gasteiger partial charge in [-0.15, -0.1) is 0 Å². The van der Waals surface area contributed by atoms with E-state index in [9.17, 15) is 40.5 Å². The van der Waals surface area contributed by atoms with E-state index in [-0.39, 0.29) is 23.5 Å². The molecule has 2 aromatic carbocycles. The molecule has 0 aromatic heterocycles. The Balaban J connectivity index is 1.63. The molecule has 2 aliphatic rings. The fourth-order valence-electron chi connectivity index (χ4n) is 3.66. The molecule has 2 heterocycles.